The number of carbonyl (C=O) groups excluding carboxylic acids is 2. The molecule has 0 unspecified atom stereocenters. The number of benzene rings is 1. The number of tetrazole rings is 1. The Labute approximate surface area is 157 Å². The van der Waals surface area contributed by atoms with Crippen LogP contribution in [0.4, 0.5) is 4.79 Å². The lowest BCUT2D eigenvalue weighted by Crippen LogP contribution is -2.51. The first kappa shape index (κ1) is 18.8. The van der Waals surface area contributed by atoms with Crippen molar-refractivity contribution in [3.05, 3.63) is 36.2 Å². The fourth-order valence-electron chi connectivity index (χ4n) is 2.80. The van der Waals surface area contributed by atoms with E-state index in [9.17, 15) is 9.59 Å². The summed E-state index contributed by atoms with van der Waals surface area (Å²) < 4.78 is 6.80. The molecule has 9 nitrogen and oxygen atoms in total. The minimum Gasteiger partial charge on any atom is -0.449 e. The number of carbonyl (C=O) groups is 2. The molecule has 0 bridgehead atoms. The molecule has 1 aliphatic heterocycles. The van der Waals surface area contributed by atoms with Gasteiger partial charge in [0.25, 0.3) is 0 Å². The number of aromatic nitrogens is 4. The highest BCUT2D eigenvalue weighted by atomic mass is 16.6. The summed E-state index contributed by atoms with van der Waals surface area (Å²) in [6.45, 7) is 6.47. The number of nitrogens with zero attached hydrogens (tertiary/aromatic N) is 6. The molecule has 1 fully saturated rings. The van der Waals surface area contributed by atoms with Crippen molar-refractivity contribution in [3.63, 3.8) is 0 Å². The molecule has 2 aromatic rings. The van der Waals surface area contributed by atoms with Gasteiger partial charge in [0.15, 0.2) is 0 Å². The molecule has 0 aliphatic carbocycles. The maximum Gasteiger partial charge on any atom is 0.409 e. The average molecular weight is 372 g/mol. The topological polar surface area (TPSA) is 93.5 Å². The van der Waals surface area contributed by atoms with Gasteiger partial charge in [-0.3, -0.25) is 4.79 Å². The van der Waals surface area contributed by atoms with Crippen molar-refractivity contribution >= 4 is 12.0 Å². The van der Waals surface area contributed by atoms with E-state index in [2.05, 4.69) is 15.5 Å². The Kier molecular flexibility index (Phi) is 6.00. The van der Waals surface area contributed by atoms with Crippen molar-refractivity contribution in [1.29, 1.82) is 0 Å². The molecule has 27 heavy (non-hydrogen) atoms. The first-order chi connectivity index (χ1) is 13.0. The van der Waals surface area contributed by atoms with Gasteiger partial charge in [-0.05, 0) is 34.0 Å². The molecule has 9 heteroatoms. The predicted octanol–water partition coefficient (Wildman–Crippen LogP) is 1.14. The quantitative estimate of drug-likeness (QED) is 0.781. The molecular weight excluding hydrogens is 348 g/mol. The van der Waals surface area contributed by atoms with Crippen LogP contribution in [0.25, 0.3) is 5.69 Å². The van der Waals surface area contributed by atoms with Crippen LogP contribution in [0.15, 0.2) is 30.6 Å². The van der Waals surface area contributed by atoms with Gasteiger partial charge in [0.1, 0.15) is 6.33 Å². The average Bonchev–Trinajstić information content (AvgIpc) is 3.21. The van der Waals surface area contributed by atoms with E-state index in [1.165, 1.54) is 6.33 Å². The smallest absolute Gasteiger partial charge is 0.409 e. The third-order valence-corrected chi connectivity index (χ3v) is 4.34. The van der Waals surface area contributed by atoms with Crippen LogP contribution in [0, 0.1) is 5.92 Å². The summed E-state index contributed by atoms with van der Waals surface area (Å²) in [5.74, 6) is 0.365. The molecule has 3 rings (SSSR count). The fraction of sp³-hybridized carbons (Fsp3) is 0.500. The van der Waals surface area contributed by atoms with Crippen molar-refractivity contribution in [2.24, 2.45) is 5.92 Å². The number of rotatable bonds is 5. The van der Waals surface area contributed by atoms with E-state index in [4.69, 9.17) is 4.74 Å². The lowest BCUT2D eigenvalue weighted by atomic mass is 10.1. The fourth-order valence-corrected chi connectivity index (χ4v) is 2.80. The van der Waals surface area contributed by atoms with E-state index in [1.807, 2.05) is 38.1 Å². The van der Waals surface area contributed by atoms with E-state index in [0.717, 1.165) is 11.3 Å². The molecule has 0 atom stereocenters. The molecule has 0 saturated carbocycles. The first-order valence-electron chi connectivity index (χ1n) is 9.04. The van der Waals surface area contributed by atoms with Gasteiger partial charge in [0.05, 0.1) is 18.7 Å². The second-order valence-electron chi connectivity index (χ2n) is 6.94. The third kappa shape index (κ3) is 5.02. The van der Waals surface area contributed by atoms with Crippen LogP contribution >= 0.6 is 0 Å². The van der Waals surface area contributed by atoms with Gasteiger partial charge in [-0.2, -0.15) is 0 Å². The Hall–Kier alpha value is -2.97. The van der Waals surface area contributed by atoms with Gasteiger partial charge < -0.3 is 14.5 Å². The summed E-state index contributed by atoms with van der Waals surface area (Å²) in [6, 6.07) is 7.55. The maximum absolute atomic E-state index is 12.5. The van der Waals surface area contributed by atoms with Gasteiger partial charge in [0.2, 0.25) is 5.91 Å². The van der Waals surface area contributed by atoms with Crippen molar-refractivity contribution in [1.82, 2.24) is 30.0 Å². The molecule has 0 N–H and O–H groups in total. The van der Waals surface area contributed by atoms with Crippen LogP contribution in [0.3, 0.4) is 0 Å². The lowest BCUT2D eigenvalue weighted by molar-refractivity contribution is -0.132. The zero-order valence-corrected chi connectivity index (χ0v) is 15.6. The summed E-state index contributed by atoms with van der Waals surface area (Å²) in [4.78, 5) is 28.0. The van der Waals surface area contributed by atoms with E-state index in [0.29, 0.717) is 45.1 Å². The summed E-state index contributed by atoms with van der Waals surface area (Å²) >= 11 is 0. The Bertz CT molecular complexity index is 752. The Morgan fingerprint density at radius 3 is 2.33 bits per heavy atom. The Balaban J connectivity index is 1.47. The lowest BCUT2D eigenvalue weighted by Gasteiger charge is -2.34. The molecule has 1 aliphatic rings. The highest BCUT2D eigenvalue weighted by molar-refractivity contribution is 5.79. The monoisotopic (exact) mass is 372 g/mol. The number of piperazine rings is 1. The largest absolute Gasteiger partial charge is 0.449 e. The van der Waals surface area contributed by atoms with E-state index in [1.54, 1.807) is 14.5 Å². The Morgan fingerprint density at radius 2 is 1.74 bits per heavy atom. The van der Waals surface area contributed by atoms with Crippen molar-refractivity contribution in [2.45, 2.75) is 20.3 Å². The molecule has 2 heterocycles. The number of amides is 2. The van der Waals surface area contributed by atoms with Gasteiger partial charge in [-0.1, -0.05) is 26.0 Å². The number of ether oxygens (including phenoxy) is 1. The molecule has 2 amide bonds. The van der Waals surface area contributed by atoms with Crippen LogP contribution in [0.5, 0.6) is 0 Å². The highest BCUT2D eigenvalue weighted by Crippen LogP contribution is 2.11. The predicted molar refractivity (Wildman–Crippen MR) is 97.2 cm³/mol. The van der Waals surface area contributed by atoms with Crippen LogP contribution in [-0.2, 0) is 16.0 Å². The van der Waals surface area contributed by atoms with E-state index in [-0.39, 0.29) is 12.0 Å². The molecule has 1 aromatic heterocycles. The number of hydrogen-bond donors (Lipinski definition) is 0. The molecule has 144 valence electrons. The van der Waals surface area contributed by atoms with Crippen LogP contribution in [0.1, 0.15) is 19.4 Å². The minimum absolute atomic E-state index is 0.0559. The zero-order chi connectivity index (χ0) is 19.2. The second kappa shape index (κ2) is 8.61. The summed E-state index contributed by atoms with van der Waals surface area (Å²) in [5.41, 5.74) is 1.76. The van der Waals surface area contributed by atoms with E-state index >= 15 is 0 Å². The van der Waals surface area contributed by atoms with Gasteiger partial charge in [0, 0.05) is 26.2 Å². The molecule has 1 saturated heterocycles. The molecular formula is C18H24N6O3. The minimum atomic E-state index is -0.297. The van der Waals surface area contributed by atoms with Crippen LogP contribution in [-0.4, -0.2) is 74.8 Å². The SMILES string of the molecule is CC(C)COC(=O)N1CCN(C(=O)Cc2ccc(-n3cnnn3)cc2)CC1. The van der Waals surface area contributed by atoms with Crippen molar-refractivity contribution < 1.29 is 14.3 Å². The van der Waals surface area contributed by atoms with Crippen LogP contribution < -0.4 is 0 Å². The third-order valence-electron chi connectivity index (χ3n) is 4.34. The summed E-state index contributed by atoms with van der Waals surface area (Å²) in [6.07, 6.45) is 1.55. The standard InChI is InChI=1S/C18H24N6O3/c1-14(2)12-27-18(26)23-9-7-22(8-10-23)17(25)11-15-3-5-16(6-4-15)24-13-19-20-21-24/h3-6,13-14H,7-12H2,1-2H3. The molecule has 0 radical (unpaired) electrons. The maximum atomic E-state index is 12.5. The normalized spacial score (nSPS) is 14.5. The van der Waals surface area contributed by atoms with E-state index < -0.39 is 0 Å². The van der Waals surface area contributed by atoms with Gasteiger partial charge in [-0.15, -0.1) is 5.10 Å². The summed E-state index contributed by atoms with van der Waals surface area (Å²) in [5, 5.41) is 11.0. The molecule has 0 spiro atoms. The highest BCUT2D eigenvalue weighted by Gasteiger charge is 2.25. The Morgan fingerprint density at radius 1 is 1.07 bits per heavy atom. The van der Waals surface area contributed by atoms with Gasteiger partial charge in [-0.25, -0.2) is 9.48 Å². The van der Waals surface area contributed by atoms with Crippen LogP contribution in [0.2, 0.25) is 0 Å². The second-order valence-corrected chi connectivity index (χ2v) is 6.94. The summed E-state index contributed by atoms with van der Waals surface area (Å²) in [7, 11) is 0. The zero-order valence-electron chi connectivity index (χ0n) is 15.6. The number of hydrogen-bond acceptors (Lipinski definition) is 6. The first-order valence-corrected chi connectivity index (χ1v) is 9.04. The molecule has 1 aromatic carbocycles. The van der Waals surface area contributed by atoms with Crippen molar-refractivity contribution in [2.75, 3.05) is 32.8 Å². The van der Waals surface area contributed by atoms with Gasteiger partial charge >= 0.3 is 6.09 Å². The van der Waals surface area contributed by atoms with Crippen molar-refractivity contribution in [3.8, 4) is 5.69 Å².